The zero-order chi connectivity index (χ0) is 6.69. The van der Waals surface area contributed by atoms with Crippen molar-refractivity contribution in [3.05, 3.63) is 29.8 Å². The number of phenols is 1. The van der Waals surface area contributed by atoms with Crippen LogP contribution < -0.4 is 0 Å². The molecule has 0 radical (unpaired) electrons. The van der Waals surface area contributed by atoms with E-state index in [1.54, 1.807) is 23.2 Å². The molecule has 0 saturated heterocycles. The van der Waals surface area contributed by atoms with Crippen LogP contribution in [-0.4, -0.2) is 10.1 Å². The molecule has 9 heavy (non-hydrogen) atoms. The normalized spacial score (nSPS) is 9.00. The van der Waals surface area contributed by atoms with Crippen LogP contribution in [0.1, 0.15) is 5.56 Å². The van der Waals surface area contributed by atoms with Gasteiger partial charge in [0.2, 0.25) is 0 Å². The molecule has 1 aromatic rings. The molecule has 0 saturated carbocycles. The minimum atomic E-state index is 0.269. The van der Waals surface area contributed by atoms with Crippen molar-refractivity contribution in [3.63, 3.8) is 0 Å². The topological polar surface area (TPSA) is 20.2 Å². The molecule has 0 aliphatic rings. The van der Waals surface area contributed by atoms with Crippen LogP contribution in [0.5, 0.6) is 5.75 Å². The number of aromatic hydroxyl groups is 1. The fraction of sp³-hybridized carbons (Fsp3) is 0. The molecule has 0 unspecified atom stereocenters. The number of rotatable bonds is 1. The maximum atomic E-state index is 9.03. The summed E-state index contributed by atoms with van der Waals surface area (Å²) in [5.74, 6) is 0.269. The Morgan fingerprint density at radius 2 is 2.00 bits per heavy atom. The third-order valence-electron chi connectivity index (χ3n) is 1.04. The van der Waals surface area contributed by atoms with Gasteiger partial charge in [0, 0.05) is 0 Å². The number of benzene rings is 1. The monoisotopic (exact) mass is 165 g/mol. The van der Waals surface area contributed by atoms with Crippen LogP contribution in [0.4, 0.5) is 0 Å². The summed E-state index contributed by atoms with van der Waals surface area (Å²) in [6.07, 6.45) is 0. The molecule has 1 aromatic carbocycles. The van der Waals surface area contributed by atoms with Gasteiger partial charge >= 0.3 is 60.9 Å². The van der Waals surface area contributed by atoms with Crippen LogP contribution in [0.25, 0.3) is 0 Å². The summed E-state index contributed by atoms with van der Waals surface area (Å²) in [6, 6.07) is 7.04. The number of phenolic OH excluding ortho intramolecular Hbond substituents is 1. The van der Waals surface area contributed by atoms with Crippen molar-refractivity contribution in [1.29, 1.82) is 0 Å². The van der Waals surface area contributed by atoms with E-state index < -0.39 is 0 Å². The van der Waals surface area contributed by atoms with E-state index in [1.165, 1.54) is 0 Å². The first-order valence-electron chi connectivity index (χ1n) is 2.53. The standard InChI is InChI=1S/C7H6O.Co/c1-6-4-2-3-5-7(6)8;/h1-5,8H;. The van der Waals surface area contributed by atoms with Gasteiger partial charge in [0.05, 0.1) is 0 Å². The third kappa shape index (κ3) is 1.40. The van der Waals surface area contributed by atoms with Crippen LogP contribution in [-0.2, 0) is 15.3 Å². The van der Waals surface area contributed by atoms with E-state index in [1.807, 2.05) is 6.07 Å². The van der Waals surface area contributed by atoms with Gasteiger partial charge in [-0.3, -0.25) is 0 Å². The number of hydrogen-bond donors (Lipinski definition) is 1. The summed E-state index contributed by atoms with van der Waals surface area (Å²) in [7, 11) is 0. The van der Waals surface area contributed by atoms with E-state index in [0.29, 0.717) is 0 Å². The van der Waals surface area contributed by atoms with Crippen LogP contribution >= 0.6 is 0 Å². The van der Waals surface area contributed by atoms with Gasteiger partial charge in [0.15, 0.2) is 0 Å². The molecule has 1 rings (SSSR count). The molecule has 0 fully saturated rings. The summed E-state index contributed by atoms with van der Waals surface area (Å²) in [4.78, 5) is 1.56. The zero-order valence-corrected chi connectivity index (χ0v) is 5.71. The molecular formula is C7H6CoO. The van der Waals surface area contributed by atoms with Gasteiger partial charge in [0.1, 0.15) is 0 Å². The summed E-state index contributed by atoms with van der Waals surface area (Å²) >= 11 is 3.94. The van der Waals surface area contributed by atoms with Crippen LogP contribution in [0.3, 0.4) is 0 Å². The first-order chi connectivity index (χ1) is 4.34. The molecule has 1 N–H and O–H groups in total. The van der Waals surface area contributed by atoms with E-state index in [-0.39, 0.29) is 5.75 Å². The second-order valence-corrected chi connectivity index (χ2v) is 1.96. The Hall–Kier alpha value is -0.604. The maximum absolute atomic E-state index is 9.03. The van der Waals surface area contributed by atoms with E-state index in [2.05, 4.69) is 15.3 Å². The molecule has 1 nitrogen and oxygen atoms in total. The average molecular weight is 165 g/mol. The Morgan fingerprint density at radius 3 is 2.44 bits per heavy atom. The van der Waals surface area contributed by atoms with Gasteiger partial charge in [0.25, 0.3) is 0 Å². The summed E-state index contributed by atoms with van der Waals surface area (Å²) in [5, 5.41) is 9.03. The number of para-hydroxylation sites is 1. The van der Waals surface area contributed by atoms with Gasteiger partial charge in [-0.15, -0.1) is 0 Å². The fourth-order valence-electron chi connectivity index (χ4n) is 0.569. The molecule has 0 aliphatic heterocycles. The van der Waals surface area contributed by atoms with Crippen molar-refractivity contribution in [1.82, 2.24) is 0 Å². The molecule has 0 heterocycles. The van der Waals surface area contributed by atoms with Crippen LogP contribution in [0, 0.1) is 0 Å². The Bertz CT molecular complexity index is 220. The second kappa shape index (κ2) is 2.80. The van der Waals surface area contributed by atoms with E-state index in [0.717, 1.165) is 5.56 Å². The van der Waals surface area contributed by atoms with Gasteiger partial charge in [-0.05, 0) is 0 Å². The van der Waals surface area contributed by atoms with Crippen molar-refractivity contribution in [2.45, 2.75) is 0 Å². The quantitative estimate of drug-likeness (QED) is 0.660. The second-order valence-electron chi connectivity index (χ2n) is 1.66. The first kappa shape index (κ1) is 6.52. The fourth-order valence-corrected chi connectivity index (χ4v) is 0.823. The third-order valence-corrected chi connectivity index (χ3v) is 1.36. The van der Waals surface area contributed by atoms with Crippen molar-refractivity contribution >= 4 is 4.96 Å². The van der Waals surface area contributed by atoms with E-state index >= 15 is 0 Å². The van der Waals surface area contributed by atoms with Gasteiger partial charge in [-0.2, -0.15) is 0 Å². The molecule has 49 valence electrons. The molecule has 0 atom stereocenters. The van der Waals surface area contributed by atoms with Gasteiger partial charge in [-0.1, -0.05) is 0 Å². The molecule has 0 bridgehead atoms. The molecule has 0 aliphatic carbocycles. The zero-order valence-electron chi connectivity index (χ0n) is 4.67. The van der Waals surface area contributed by atoms with Gasteiger partial charge < -0.3 is 0 Å². The van der Waals surface area contributed by atoms with Crippen molar-refractivity contribution < 1.29 is 20.4 Å². The predicted octanol–water partition coefficient (Wildman–Crippen LogP) is 1.09. The van der Waals surface area contributed by atoms with Gasteiger partial charge in [-0.25, -0.2) is 0 Å². The Labute approximate surface area is 61.5 Å². The Morgan fingerprint density at radius 1 is 1.33 bits per heavy atom. The molecule has 0 aromatic heterocycles. The SMILES string of the molecule is Oc1ccccc1[CH]=[Co]. The van der Waals surface area contributed by atoms with E-state index in [4.69, 9.17) is 5.11 Å². The molecule has 2 heteroatoms. The molecular weight excluding hydrogens is 159 g/mol. The van der Waals surface area contributed by atoms with Crippen molar-refractivity contribution in [3.8, 4) is 5.75 Å². The molecule has 0 amide bonds. The van der Waals surface area contributed by atoms with Crippen molar-refractivity contribution in [2.24, 2.45) is 0 Å². The average Bonchev–Trinajstić information content (AvgIpc) is 1.89. The van der Waals surface area contributed by atoms with Crippen molar-refractivity contribution in [2.75, 3.05) is 0 Å². The predicted molar refractivity (Wildman–Crippen MR) is 33.3 cm³/mol. The van der Waals surface area contributed by atoms with Crippen LogP contribution in [0.15, 0.2) is 24.3 Å². The van der Waals surface area contributed by atoms with E-state index in [9.17, 15) is 0 Å². The number of hydrogen-bond acceptors (Lipinski definition) is 1. The Balaban J connectivity index is 3.15. The minimum absolute atomic E-state index is 0.269. The summed E-state index contributed by atoms with van der Waals surface area (Å²) in [5.41, 5.74) is 0.748. The summed E-state index contributed by atoms with van der Waals surface area (Å²) in [6.45, 7) is 0. The first-order valence-corrected chi connectivity index (χ1v) is 3.13. The van der Waals surface area contributed by atoms with Crippen LogP contribution in [0.2, 0.25) is 0 Å². The molecule has 0 spiro atoms. The Kier molecular flexibility index (Phi) is 2.03. The summed E-state index contributed by atoms with van der Waals surface area (Å²) < 4.78 is 0.